The zero-order chi connectivity index (χ0) is 15.0. The number of nitrogens with one attached hydrogen (secondary N) is 1. The summed E-state index contributed by atoms with van der Waals surface area (Å²) in [4.78, 5) is 23.9. The fourth-order valence-corrected chi connectivity index (χ4v) is 2.74. The number of carbonyl (C=O) groups is 2. The van der Waals surface area contributed by atoms with Crippen LogP contribution in [0.15, 0.2) is 18.2 Å². The van der Waals surface area contributed by atoms with Crippen molar-refractivity contribution in [2.45, 2.75) is 31.7 Å². The van der Waals surface area contributed by atoms with Crippen LogP contribution in [0, 0.1) is 11.8 Å². The van der Waals surface area contributed by atoms with E-state index in [0.29, 0.717) is 17.4 Å². The third-order valence-electron chi connectivity index (χ3n) is 4.16. The van der Waals surface area contributed by atoms with Gasteiger partial charge in [-0.25, -0.2) is 4.79 Å². The van der Waals surface area contributed by atoms with Gasteiger partial charge in [0.05, 0.1) is 12.7 Å². The van der Waals surface area contributed by atoms with Crippen LogP contribution < -0.4 is 5.32 Å². The summed E-state index contributed by atoms with van der Waals surface area (Å²) in [5.41, 5.74) is 0.471. The van der Waals surface area contributed by atoms with Crippen LogP contribution in [0.5, 0.6) is 5.75 Å². The summed E-state index contributed by atoms with van der Waals surface area (Å²) in [5.74, 6) is 0.274. The molecule has 1 aromatic carbocycles. The highest BCUT2D eigenvalue weighted by Crippen LogP contribution is 2.44. The molecular formula is C16H19NO4. The number of amides is 1. The van der Waals surface area contributed by atoms with Crippen molar-refractivity contribution in [3.05, 3.63) is 29.3 Å². The average Bonchev–Trinajstić information content (AvgIpc) is 3.36. The minimum atomic E-state index is -0.569. The van der Waals surface area contributed by atoms with E-state index in [1.165, 1.54) is 51.0 Å². The zero-order valence-electron chi connectivity index (χ0n) is 12.0. The predicted molar refractivity (Wildman–Crippen MR) is 76.1 cm³/mol. The first-order valence-electron chi connectivity index (χ1n) is 7.31. The van der Waals surface area contributed by atoms with Gasteiger partial charge in [0.25, 0.3) is 5.91 Å². The maximum atomic E-state index is 12.4. The molecule has 0 aromatic heterocycles. The largest absolute Gasteiger partial charge is 0.508 e. The summed E-state index contributed by atoms with van der Waals surface area (Å²) < 4.78 is 4.62. The first-order valence-corrected chi connectivity index (χ1v) is 7.31. The normalized spacial score (nSPS) is 17.6. The standard InChI is InChI=1S/C16H19NO4/c1-21-16(20)12-6-11(7-13(18)8-12)15(19)17-14(9-2-3-9)10-4-5-10/h6-10,14,18H,2-5H2,1H3,(H,17,19). The third-order valence-corrected chi connectivity index (χ3v) is 4.16. The van der Waals surface area contributed by atoms with Crippen LogP contribution in [0.4, 0.5) is 0 Å². The van der Waals surface area contributed by atoms with Crippen LogP contribution in [0.25, 0.3) is 0 Å². The molecule has 0 unspecified atom stereocenters. The van der Waals surface area contributed by atoms with Crippen LogP contribution in [0.1, 0.15) is 46.4 Å². The second-order valence-corrected chi connectivity index (χ2v) is 5.93. The molecular weight excluding hydrogens is 270 g/mol. The second kappa shape index (κ2) is 5.39. The molecule has 21 heavy (non-hydrogen) atoms. The van der Waals surface area contributed by atoms with Crippen molar-refractivity contribution < 1.29 is 19.4 Å². The molecule has 3 rings (SSSR count). The van der Waals surface area contributed by atoms with Crippen molar-refractivity contribution in [3.63, 3.8) is 0 Å². The summed E-state index contributed by atoms with van der Waals surface area (Å²) in [6, 6.07) is 4.36. The first kappa shape index (κ1) is 13.9. The lowest BCUT2D eigenvalue weighted by molar-refractivity contribution is 0.0600. The minimum absolute atomic E-state index is 0.113. The number of hydrogen-bond donors (Lipinski definition) is 2. The minimum Gasteiger partial charge on any atom is -0.508 e. The van der Waals surface area contributed by atoms with E-state index < -0.39 is 5.97 Å². The summed E-state index contributed by atoms with van der Waals surface area (Å²) in [6.07, 6.45) is 4.70. The smallest absolute Gasteiger partial charge is 0.338 e. The number of esters is 1. The van der Waals surface area contributed by atoms with Gasteiger partial charge in [-0.05, 0) is 55.7 Å². The first-order chi connectivity index (χ1) is 10.1. The number of rotatable bonds is 5. The summed E-state index contributed by atoms with van der Waals surface area (Å²) in [5, 5.41) is 12.7. The predicted octanol–water partition coefficient (Wildman–Crippen LogP) is 2.10. The fourth-order valence-electron chi connectivity index (χ4n) is 2.74. The summed E-state index contributed by atoms with van der Waals surface area (Å²) >= 11 is 0. The van der Waals surface area contributed by atoms with Gasteiger partial charge in [-0.15, -0.1) is 0 Å². The van der Waals surface area contributed by atoms with Crippen LogP contribution in [0.3, 0.4) is 0 Å². The van der Waals surface area contributed by atoms with Gasteiger partial charge in [0.2, 0.25) is 0 Å². The summed E-state index contributed by atoms with van der Waals surface area (Å²) in [6.45, 7) is 0. The number of carbonyl (C=O) groups excluding carboxylic acids is 2. The van der Waals surface area contributed by atoms with Crippen molar-refractivity contribution in [2.75, 3.05) is 7.11 Å². The van der Waals surface area contributed by atoms with Gasteiger partial charge in [-0.3, -0.25) is 4.79 Å². The molecule has 5 heteroatoms. The molecule has 1 amide bonds. The van der Waals surface area contributed by atoms with Crippen molar-refractivity contribution in [3.8, 4) is 5.75 Å². The SMILES string of the molecule is COC(=O)c1cc(O)cc(C(=O)NC(C2CC2)C2CC2)c1. The van der Waals surface area contributed by atoms with E-state index in [9.17, 15) is 14.7 Å². The number of benzene rings is 1. The Balaban J connectivity index is 1.77. The quantitative estimate of drug-likeness (QED) is 0.814. The van der Waals surface area contributed by atoms with Gasteiger partial charge in [0, 0.05) is 11.6 Å². The maximum absolute atomic E-state index is 12.4. The van der Waals surface area contributed by atoms with E-state index in [-0.39, 0.29) is 23.3 Å². The van der Waals surface area contributed by atoms with Crippen molar-refractivity contribution >= 4 is 11.9 Å². The molecule has 2 N–H and O–H groups in total. The van der Waals surface area contributed by atoms with Crippen molar-refractivity contribution in [1.82, 2.24) is 5.32 Å². The van der Waals surface area contributed by atoms with Gasteiger partial charge in [0.15, 0.2) is 0 Å². The molecule has 1 aromatic rings. The molecule has 2 aliphatic carbocycles. The van der Waals surface area contributed by atoms with E-state index in [1.54, 1.807) is 0 Å². The Morgan fingerprint density at radius 2 is 1.71 bits per heavy atom. The Kier molecular flexibility index (Phi) is 3.57. The van der Waals surface area contributed by atoms with Gasteiger partial charge >= 0.3 is 5.97 Å². The number of aromatic hydroxyl groups is 1. The summed E-state index contributed by atoms with van der Waals surface area (Å²) in [7, 11) is 1.27. The molecule has 112 valence electrons. The fraction of sp³-hybridized carbons (Fsp3) is 0.500. The molecule has 0 saturated heterocycles. The number of phenols is 1. The lowest BCUT2D eigenvalue weighted by Crippen LogP contribution is -2.38. The van der Waals surface area contributed by atoms with E-state index >= 15 is 0 Å². The van der Waals surface area contributed by atoms with Crippen LogP contribution >= 0.6 is 0 Å². The van der Waals surface area contributed by atoms with Crippen molar-refractivity contribution in [1.29, 1.82) is 0 Å². The molecule has 2 saturated carbocycles. The average molecular weight is 289 g/mol. The van der Waals surface area contributed by atoms with Gasteiger partial charge in [-0.2, -0.15) is 0 Å². The lowest BCUT2D eigenvalue weighted by Gasteiger charge is -2.18. The monoisotopic (exact) mass is 289 g/mol. The van der Waals surface area contributed by atoms with E-state index in [4.69, 9.17) is 0 Å². The molecule has 2 fully saturated rings. The Morgan fingerprint density at radius 1 is 1.14 bits per heavy atom. The van der Waals surface area contributed by atoms with Gasteiger partial charge in [0.1, 0.15) is 5.75 Å². The van der Waals surface area contributed by atoms with E-state index in [2.05, 4.69) is 10.1 Å². The van der Waals surface area contributed by atoms with E-state index in [0.717, 1.165) is 0 Å². The molecule has 0 spiro atoms. The van der Waals surface area contributed by atoms with Gasteiger partial charge in [-0.1, -0.05) is 0 Å². The van der Waals surface area contributed by atoms with Gasteiger partial charge < -0.3 is 15.2 Å². The topological polar surface area (TPSA) is 75.6 Å². The lowest BCUT2D eigenvalue weighted by atomic mass is 10.1. The molecule has 0 aliphatic heterocycles. The highest BCUT2D eigenvalue weighted by molar-refractivity contribution is 5.98. The molecule has 2 aliphatic rings. The highest BCUT2D eigenvalue weighted by Gasteiger charge is 2.42. The van der Waals surface area contributed by atoms with Crippen LogP contribution in [-0.2, 0) is 4.74 Å². The van der Waals surface area contributed by atoms with E-state index in [1.807, 2.05) is 0 Å². The zero-order valence-corrected chi connectivity index (χ0v) is 12.0. The third kappa shape index (κ3) is 3.17. The van der Waals surface area contributed by atoms with Crippen molar-refractivity contribution in [2.24, 2.45) is 11.8 Å². The Bertz CT molecular complexity index is 564. The molecule has 0 radical (unpaired) electrons. The number of phenolic OH excluding ortho intramolecular Hbond substituents is 1. The Hall–Kier alpha value is -2.04. The number of ether oxygens (including phenoxy) is 1. The Labute approximate surface area is 123 Å². The second-order valence-electron chi connectivity index (χ2n) is 5.93. The molecule has 0 atom stereocenters. The van der Waals surface area contributed by atoms with Crippen LogP contribution in [0.2, 0.25) is 0 Å². The molecule has 5 nitrogen and oxygen atoms in total. The number of hydrogen-bond acceptors (Lipinski definition) is 4. The molecule has 0 heterocycles. The Morgan fingerprint density at radius 3 is 2.24 bits per heavy atom. The highest BCUT2D eigenvalue weighted by atomic mass is 16.5. The molecule has 0 bridgehead atoms. The maximum Gasteiger partial charge on any atom is 0.338 e. The number of methoxy groups -OCH3 is 1. The van der Waals surface area contributed by atoms with Crippen LogP contribution in [-0.4, -0.2) is 30.1 Å².